The maximum atomic E-state index is 14.4. The Kier molecular flexibility index (Phi) is 7.47. The summed E-state index contributed by atoms with van der Waals surface area (Å²) in [6.45, 7) is 5.23. The van der Waals surface area contributed by atoms with Crippen LogP contribution in [-0.2, 0) is 18.3 Å². The van der Waals surface area contributed by atoms with Gasteiger partial charge in [-0.25, -0.2) is 13.9 Å². The summed E-state index contributed by atoms with van der Waals surface area (Å²) < 4.78 is 27.9. The van der Waals surface area contributed by atoms with E-state index < -0.39 is 5.82 Å². The van der Waals surface area contributed by atoms with Crippen molar-refractivity contribution in [3.63, 3.8) is 0 Å². The molecule has 8 heteroatoms. The number of nitrogens with zero attached hydrogens (tertiary/aromatic N) is 3. The summed E-state index contributed by atoms with van der Waals surface area (Å²) in [5.74, 6) is 0.0204. The van der Waals surface area contributed by atoms with Crippen LogP contribution < -0.4 is 10.1 Å². The Morgan fingerprint density at radius 1 is 1.24 bits per heavy atom. The Morgan fingerprint density at radius 2 is 1.97 bits per heavy atom. The third kappa shape index (κ3) is 5.56. The van der Waals surface area contributed by atoms with Gasteiger partial charge in [0, 0.05) is 31.8 Å². The van der Waals surface area contributed by atoms with Crippen molar-refractivity contribution in [2.24, 2.45) is 7.05 Å². The van der Waals surface area contributed by atoms with Gasteiger partial charge in [0.2, 0.25) is 5.88 Å². The lowest BCUT2D eigenvalue weighted by atomic mass is 10.1. The number of carbonyl (C=O) groups excluding carboxylic acids is 1. The van der Waals surface area contributed by atoms with E-state index >= 15 is 0 Å². The summed E-state index contributed by atoms with van der Waals surface area (Å²) in [4.78, 5) is 14.9. The highest BCUT2D eigenvalue weighted by Gasteiger charge is 2.28. The molecule has 4 rings (SSSR count). The Balaban J connectivity index is 1.74. The van der Waals surface area contributed by atoms with E-state index in [-0.39, 0.29) is 30.5 Å². The van der Waals surface area contributed by atoms with E-state index in [1.165, 1.54) is 6.07 Å². The van der Waals surface area contributed by atoms with E-state index in [1.54, 1.807) is 34.8 Å². The molecule has 2 amide bonds. The third-order valence-corrected chi connectivity index (χ3v) is 5.67. The molecule has 3 aromatic rings. The van der Waals surface area contributed by atoms with Crippen molar-refractivity contribution in [1.82, 2.24) is 20.0 Å². The summed E-state index contributed by atoms with van der Waals surface area (Å²) in [5, 5.41) is 7.68. The maximum absolute atomic E-state index is 14.4. The minimum atomic E-state index is -0.468. The third-order valence-electron chi connectivity index (χ3n) is 5.67. The van der Waals surface area contributed by atoms with Gasteiger partial charge in [-0.05, 0) is 38.8 Å². The van der Waals surface area contributed by atoms with Crippen molar-refractivity contribution in [2.75, 3.05) is 13.2 Å². The number of benzene rings is 2. The molecular formula is C26H31FN4O3. The van der Waals surface area contributed by atoms with Gasteiger partial charge in [0.05, 0.1) is 18.2 Å². The van der Waals surface area contributed by atoms with Crippen LogP contribution in [0.4, 0.5) is 9.18 Å². The number of halogens is 1. The number of carbonyl (C=O) groups is 1. The van der Waals surface area contributed by atoms with Crippen LogP contribution >= 0.6 is 0 Å². The smallest absolute Gasteiger partial charge is 0.317 e. The van der Waals surface area contributed by atoms with Gasteiger partial charge in [-0.3, -0.25) is 0 Å². The predicted molar refractivity (Wildman–Crippen MR) is 128 cm³/mol. The number of hydrogen-bond acceptors (Lipinski definition) is 4. The molecule has 1 aliphatic rings. The molecule has 1 atom stereocenters. The molecule has 0 spiro atoms. The van der Waals surface area contributed by atoms with Crippen LogP contribution in [-0.4, -0.2) is 46.0 Å². The molecule has 1 N–H and O–H groups in total. The Hall–Kier alpha value is -3.39. The van der Waals surface area contributed by atoms with Crippen molar-refractivity contribution < 1.29 is 18.7 Å². The number of nitrogens with one attached hydrogen (secondary N) is 1. The van der Waals surface area contributed by atoms with Crippen molar-refractivity contribution in [3.05, 3.63) is 66.0 Å². The number of rotatable bonds is 8. The van der Waals surface area contributed by atoms with Crippen molar-refractivity contribution in [2.45, 2.75) is 45.4 Å². The quantitative estimate of drug-likeness (QED) is 0.501. The average molecular weight is 467 g/mol. The van der Waals surface area contributed by atoms with Gasteiger partial charge in [-0.15, -0.1) is 0 Å². The molecule has 180 valence electrons. The number of urea groups is 1. The second kappa shape index (κ2) is 10.7. The first-order valence-corrected chi connectivity index (χ1v) is 11.6. The van der Waals surface area contributed by atoms with Crippen LogP contribution in [0.5, 0.6) is 11.6 Å². The SMILES string of the molecule is CC(C)NC(=O)N(Cc1c(-c2ccccc2)nn(C)c1Oc1ccccc1F)C[C@H]1CCCO1. The molecule has 2 heterocycles. The average Bonchev–Trinajstić information content (AvgIpc) is 3.43. The molecule has 0 aliphatic carbocycles. The summed E-state index contributed by atoms with van der Waals surface area (Å²) in [5.41, 5.74) is 2.27. The zero-order chi connectivity index (χ0) is 24.1. The largest absolute Gasteiger partial charge is 0.436 e. The minimum Gasteiger partial charge on any atom is -0.436 e. The van der Waals surface area contributed by atoms with E-state index in [9.17, 15) is 9.18 Å². The van der Waals surface area contributed by atoms with Crippen molar-refractivity contribution in [3.8, 4) is 22.9 Å². The first-order chi connectivity index (χ1) is 16.4. The molecule has 0 unspecified atom stereocenters. The molecule has 34 heavy (non-hydrogen) atoms. The lowest BCUT2D eigenvalue weighted by Crippen LogP contribution is -2.45. The van der Waals surface area contributed by atoms with Crippen LogP contribution in [0.1, 0.15) is 32.3 Å². The summed E-state index contributed by atoms with van der Waals surface area (Å²) in [6.07, 6.45) is 1.86. The van der Waals surface area contributed by atoms with Gasteiger partial charge in [-0.1, -0.05) is 42.5 Å². The maximum Gasteiger partial charge on any atom is 0.317 e. The molecular weight excluding hydrogens is 435 g/mol. The highest BCUT2D eigenvalue weighted by Crippen LogP contribution is 2.35. The second-order valence-electron chi connectivity index (χ2n) is 8.77. The fourth-order valence-corrected chi connectivity index (χ4v) is 4.06. The molecule has 0 bridgehead atoms. The first kappa shape index (κ1) is 23.8. The number of amides is 2. The normalized spacial score (nSPS) is 15.5. The summed E-state index contributed by atoms with van der Waals surface area (Å²) in [6, 6.07) is 15.8. The standard InChI is InChI=1S/C26H31FN4O3/c1-18(2)28-26(32)31(16-20-12-9-15-33-20)17-21-24(19-10-5-4-6-11-19)29-30(3)25(21)34-23-14-8-7-13-22(23)27/h4-8,10-11,13-14,18,20H,9,12,15-17H2,1-3H3,(H,28,32)/t20-/m1/s1. The molecule has 0 radical (unpaired) electrons. The van der Waals surface area contributed by atoms with Crippen LogP contribution in [0.25, 0.3) is 11.3 Å². The zero-order valence-corrected chi connectivity index (χ0v) is 19.8. The molecule has 1 aliphatic heterocycles. The van der Waals surface area contributed by atoms with E-state index in [4.69, 9.17) is 14.6 Å². The van der Waals surface area contributed by atoms with E-state index in [0.717, 1.165) is 18.4 Å². The van der Waals surface area contributed by atoms with Gasteiger partial charge in [-0.2, -0.15) is 5.10 Å². The highest BCUT2D eigenvalue weighted by atomic mass is 19.1. The predicted octanol–water partition coefficient (Wildman–Crippen LogP) is 5.12. The minimum absolute atomic E-state index is 0.0175. The Labute approximate surface area is 199 Å². The number of aryl methyl sites for hydroxylation is 1. The van der Waals surface area contributed by atoms with Crippen LogP contribution in [0, 0.1) is 5.82 Å². The number of hydrogen-bond donors (Lipinski definition) is 1. The lowest BCUT2D eigenvalue weighted by molar-refractivity contribution is 0.0789. The number of ether oxygens (including phenoxy) is 2. The van der Waals surface area contributed by atoms with Gasteiger partial charge < -0.3 is 19.7 Å². The Bertz CT molecular complexity index is 1110. The van der Waals surface area contributed by atoms with Gasteiger partial charge in [0.15, 0.2) is 11.6 Å². The topological polar surface area (TPSA) is 68.6 Å². The molecule has 1 aromatic heterocycles. The monoisotopic (exact) mass is 466 g/mol. The molecule has 1 fully saturated rings. The van der Waals surface area contributed by atoms with E-state index in [2.05, 4.69) is 5.32 Å². The number of para-hydroxylation sites is 1. The molecule has 7 nitrogen and oxygen atoms in total. The summed E-state index contributed by atoms with van der Waals surface area (Å²) >= 11 is 0. The van der Waals surface area contributed by atoms with Crippen molar-refractivity contribution in [1.29, 1.82) is 0 Å². The fraction of sp³-hybridized carbons (Fsp3) is 0.385. The number of aromatic nitrogens is 2. The first-order valence-electron chi connectivity index (χ1n) is 11.6. The molecule has 2 aromatic carbocycles. The van der Waals surface area contributed by atoms with E-state index in [1.807, 2.05) is 44.2 Å². The summed E-state index contributed by atoms with van der Waals surface area (Å²) in [7, 11) is 1.75. The van der Waals surface area contributed by atoms with Gasteiger partial charge in [0.25, 0.3) is 0 Å². The van der Waals surface area contributed by atoms with Crippen molar-refractivity contribution >= 4 is 6.03 Å². The van der Waals surface area contributed by atoms with Crippen LogP contribution in [0.3, 0.4) is 0 Å². The second-order valence-corrected chi connectivity index (χ2v) is 8.77. The zero-order valence-electron chi connectivity index (χ0n) is 19.8. The Morgan fingerprint density at radius 3 is 2.65 bits per heavy atom. The fourth-order valence-electron chi connectivity index (χ4n) is 4.06. The molecule has 0 saturated carbocycles. The lowest BCUT2D eigenvalue weighted by Gasteiger charge is -2.27. The van der Waals surface area contributed by atoms with Gasteiger partial charge >= 0.3 is 6.03 Å². The molecule has 1 saturated heterocycles. The highest BCUT2D eigenvalue weighted by molar-refractivity contribution is 5.75. The van der Waals surface area contributed by atoms with Crippen LogP contribution in [0.15, 0.2) is 54.6 Å². The van der Waals surface area contributed by atoms with E-state index in [0.29, 0.717) is 30.3 Å². The van der Waals surface area contributed by atoms with Gasteiger partial charge in [0.1, 0.15) is 5.69 Å². The van der Waals surface area contributed by atoms with Crippen LogP contribution in [0.2, 0.25) is 0 Å².